The highest BCUT2D eigenvalue weighted by Crippen LogP contribution is 2.23. The summed E-state index contributed by atoms with van der Waals surface area (Å²) in [6.45, 7) is -0.778. The van der Waals surface area contributed by atoms with E-state index in [2.05, 4.69) is 21.1 Å². The van der Waals surface area contributed by atoms with E-state index >= 15 is 0 Å². The molecule has 11 nitrogen and oxygen atoms in total. The SMILES string of the molecule is O=NC(=O)C1=CC(Oc2ccc(NC3NC(=O)N(CC(F)F)C(=O)N3Cc3ccc(Cl)cc3)cc2)=CCN1. The average Bonchev–Trinajstić information content (AvgIpc) is 2.90. The first-order valence-electron chi connectivity index (χ1n) is 11.2. The Morgan fingerprint density at radius 2 is 1.87 bits per heavy atom. The third kappa shape index (κ3) is 6.42. The summed E-state index contributed by atoms with van der Waals surface area (Å²) in [6, 6.07) is 11.2. The Balaban J connectivity index is 1.49. The van der Waals surface area contributed by atoms with Crippen LogP contribution in [0.4, 0.5) is 24.1 Å². The molecule has 2 heterocycles. The van der Waals surface area contributed by atoms with Crippen molar-refractivity contribution in [1.82, 2.24) is 20.4 Å². The predicted molar refractivity (Wildman–Crippen MR) is 133 cm³/mol. The van der Waals surface area contributed by atoms with Crippen LogP contribution >= 0.6 is 11.6 Å². The second-order valence-corrected chi connectivity index (χ2v) is 8.54. The van der Waals surface area contributed by atoms with Crippen LogP contribution in [-0.4, -0.2) is 53.6 Å². The summed E-state index contributed by atoms with van der Waals surface area (Å²) < 4.78 is 31.7. The molecule has 0 saturated carbocycles. The van der Waals surface area contributed by atoms with Crippen molar-refractivity contribution in [3.63, 3.8) is 0 Å². The molecule has 14 heteroatoms. The van der Waals surface area contributed by atoms with Gasteiger partial charge < -0.3 is 15.4 Å². The second-order valence-electron chi connectivity index (χ2n) is 8.10. The molecule has 0 radical (unpaired) electrons. The number of allylic oxidation sites excluding steroid dienone is 1. The van der Waals surface area contributed by atoms with Gasteiger partial charge in [-0.25, -0.2) is 23.3 Å². The maximum Gasteiger partial charge on any atom is 0.332 e. The number of hydrogen-bond acceptors (Lipinski definition) is 7. The topological polar surface area (TPSA) is 132 Å². The van der Waals surface area contributed by atoms with Crippen LogP contribution in [-0.2, 0) is 11.3 Å². The van der Waals surface area contributed by atoms with Crippen LogP contribution < -0.4 is 20.7 Å². The number of rotatable bonds is 9. The Bertz CT molecular complexity index is 1290. The number of halogens is 3. The molecule has 2 aliphatic rings. The summed E-state index contributed by atoms with van der Waals surface area (Å²) in [7, 11) is 0. The van der Waals surface area contributed by atoms with E-state index < -0.39 is 37.2 Å². The molecule has 1 atom stereocenters. The van der Waals surface area contributed by atoms with Crippen LogP contribution in [0.1, 0.15) is 5.56 Å². The number of imide groups is 1. The van der Waals surface area contributed by atoms with Crippen molar-refractivity contribution in [1.29, 1.82) is 0 Å². The van der Waals surface area contributed by atoms with E-state index in [4.69, 9.17) is 16.3 Å². The molecule has 38 heavy (non-hydrogen) atoms. The zero-order valence-corrected chi connectivity index (χ0v) is 20.3. The fourth-order valence-corrected chi connectivity index (χ4v) is 3.79. The highest BCUT2D eigenvalue weighted by atomic mass is 35.5. The lowest BCUT2D eigenvalue weighted by Gasteiger charge is -2.41. The summed E-state index contributed by atoms with van der Waals surface area (Å²) in [6.07, 6.45) is -0.933. The molecule has 0 bridgehead atoms. The van der Waals surface area contributed by atoms with Gasteiger partial charge in [-0.2, -0.15) is 0 Å². The molecular weight excluding hydrogens is 526 g/mol. The predicted octanol–water partition coefficient (Wildman–Crippen LogP) is 3.99. The number of benzene rings is 2. The number of nitrogens with zero attached hydrogens (tertiary/aromatic N) is 3. The molecule has 2 aromatic rings. The minimum absolute atomic E-state index is 0.000105. The van der Waals surface area contributed by atoms with Crippen LogP contribution in [0.25, 0.3) is 0 Å². The van der Waals surface area contributed by atoms with Gasteiger partial charge in [-0.05, 0) is 48.0 Å². The zero-order valence-electron chi connectivity index (χ0n) is 19.6. The van der Waals surface area contributed by atoms with Gasteiger partial charge in [0.15, 0.2) is 6.29 Å². The number of amides is 5. The molecule has 1 fully saturated rings. The van der Waals surface area contributed by atoms with Crippen molar-refractivity contribution in [3.05, 3.63) is 87.6 Å². The van der Waals surface area contributed by atoms with Crippen LogP contribution in [0.5, 0.6) is 5.75 Å². The number of ether oxygens (including phenoxy) is 1. The Hall–Kier alpha value is -4.52. The van der Waals surface area contributed by atoms with Crippen molar-refractivity contribution >= 4 is 35.3 Å². The van der Waals surface area contributed by atoms with E-state index in [0.29, 0.717) is 32.7 Å². The van der Waals surface area contributed by atoms with Crippen molar-refractivity contribution in [2.45, 2.75) is 19.3 Å². The lowest BCUT2D eigenvalue weighted by atomic mass is 10.2. The number of alkyl halides is 2. The number of nitroso groups, excluding NO2 is 1. The van der Waals surface area contributed by atoms with Gasteiger partial charge in [-0.3, -0.25) is 15.0 Å². The molecule has 198 valence electrons. The minimum atomic E-state index is -2.90. The maximum absolute atomic E-state index is 13.0. The average molecular weight is 547 g/mol. The quantitative estimate of drug-likeness (QED) is 0.405. The highest BCUT2D eigenvalue weighted by molar-refractivity contribution is 6.30. The summed E-state index contributed by atoms with van der Waals surface area (Å²) in [5.74, 6) is -0.219. The van der Waals surface area contributed by atoms with Gasteiger partial charge in [0.05, 0.1) is 13.1 Å². The summed E-state index contributed by atoms with van der Waals surface area (Å²) in [4.78, 5) is 49.1. The number of anilines is 1. The van der Waals surface area contributed by atoms with Crippen LogP contribution in [0.2, 0.25) is 5.02 Å². The number of nitrogens with one attached hydrogen (secondary N) is 3. The first-order chi connectivity index (χ1) is 18.2. The van der Waals surface area contributed by atoms with Gasteiger partial charge in [-0.15, -0.1) is 4.91 Å². The lowest BCUT2D eigenvalue weighted by molar-refractivity contribution is -0.114. The molecule has 4 rings (SSSR count). The fourth-order valence-electron chi connectivity index (χ4n) is 3.67. The second kappa shape index (κ2) is 11.7. The number of urea groups is 2. The van der Waals surface area contributed by atoms with Crippen LogP contribution in [0.15, 0.2) is 77.3 Å². The monoisotopic (exact) mass is 546 g/mol. The first kappa shape index (κ1) is 26.5. The number of hydrogen-bond donors (Lipinski definition) is 3. The molecule has 0 aliphatic carbocycles. The Morgan fingerprint density at radius 1 is 1.16 bits per heavy atom. The van der Waals surface area contributed by atoms with Crippen molar-refractivity contribution in [2.75, 3.05) is 18.4 Å². The molecule has 2 aromatic carbocycles. The van der Waals surface area contributed by atoms with Gasteiger partial charge in [0.1, 0.15) is 17.2 Å². The first-order valence-corrected chi connectivity index (χ1v) is 11.6. The fraction of sp³-hybridized carbons (Fsp3) is 0.208. The minimum Gasteiger partial charge on any atom is -0.458 e. The van der Waals surface area contributed by atoms with E-state index in [1.54, 1.807) is 54.6 Å². The summed E-state index contributed by atoms with van der Waals surface area (Å²) in [5.41, 5.74) is 1.15. The summed E-state index contributed by atoms with van der Waals surface area (Å²) in [5, 5.41) is 11.1. The van der Waals surface area contributed by atoms with Crippen LogP contribution in [0.3, 0.4) is 0 Å². The maximum atomic E-state index is 13.0. The number of carbonyl (C=O) groups is 3. The number of carbonyl (C=O) groups excluding carboxylic acids is 3. The normalized spacial score (nSPS) is 17.3. The van der Waals surface area contributed by atoms with E-state index in [1.807, 2.05) is 0 Å². The Morgan fingerprint density at radius 3 is 2.53 bits per heavy atom. The van der Waals surface area contributed by atoms with Gasteiger partial charge in [0.25, 0.3) is 6.43 Å². The van der Waals surface area contributed by atoms with Crippen molar-refractivity contribution < 1.29 is 27.9 Å². The molecular formula is C24H21ClF2N6O5. The van der Waals surface area contributed by atoms with E-state index in [9.17, 15) is 28.1 Å². The molecule has 2 aliphatic heterocycles. The van der Waals surface area contributed by atoms with Gasteiger partial charge >= 0.3 is 18.0 Å². The van der Waals surface area contributed by atoms with Crippen molar-refractivity contribution in [3.8, 4) is 5.75 Å². The van der Waals surface area contributed by atoms with E-state index in [0.717, 1.165) is 0 Å². The van der Waals surface area contributed by atoms with E-state index in [1.165, 1.54) is 11.0 Å². The van der Waals surface area contributed by atoms with Gasteiger partial charge in [-0.1, -0.05) is 23.7 Å². The molecule has 0 spiro atoms. The molecule has 1 unspecified atom stereocenters. The smallest absolute Gasteiger partial charge is 0.332 e. The third-order valence-corrected chi connectivity index (χ3v) is 5.72. The molecule has 0 aromatic heterocycles. The number of dihydropyridines is 1. The van der Waals surface area contributed by atoms with Gasteiger partial charge in [0.2, 0.25) is 0 Å². The summed E-state index contributed by atoms with van der Waals surface area (Å²) >= 11 is 5.93. The Kier molecular flexibility index (Phi) is 8.16. The molecule has 1 saturated heterocycles. The van der Waals surface area contributed by atoms with E-state index in [-0.39, 0.29) is 18.8 Å². The lowest BCUT2D eigenvalue weighted by Crippen LogP contribution is -2.67. The highest BCUT2D eigenvalue weighted by Gasteiger charge is 2.39. The van der Waals surface area contributed by atoms with Crippen LogP contribution in [0, 0.1) is 4.91 Å². The Labute approximate surface area is 220 Å². The standard InChI is InChI=1S/C24H21ClF2N6O5/c25-15-3-1-14(2-4-15)12-32-22(30-23(35)33(24(32)36)13-20(26)27)29-16-5-7-17(8-6-16)38-18-9-10-28-19(11-18)21(34)31-37/h1-9,11,20,22,28-29H,10,12-13H2,(H,30,35). The zero-order chi connectivity index (χ0) is 27.2. The van der Waals surface area contributed by atoms with Gasteiger partial charge in [0, 0.05) is 28.5 Å². The molecule has 3 N–H and O–H groups in total. The largest absolute Gasteiger partial charge is 0.458 e. The van der Waals surface area contributed by atoms with Crippen molar-refractivity contribution in [2.24, 2.45) is 5.18 Å². The third-order valence-electron chi connectivity index (χ3n) is 5.47. The molecule has 5 amide bonds.